The van der Waals surface area contributed by atoms with Gasteiger partial charge in [0.2, 0.25) is 0 Å². The van der Waals surface area contributed by atoms with Crippen LogP contribution in [0.1, 0.15) is 17.5 Å². The van der Waals surface area contributed by atoms with E-state index in [9.17, 15) is 9.59 Å². The first-order valence-electron chi connectivity index (χ1n) is 6.30. The van der Waals surface area contributed by atoms with Crippen LogP contribution in [0.4, 0.5) is 4.79 Å². The number of carbonyl (C=O) groups is 2. The average Bonchev–Trinajstić information content (AvgIpc) is 2.45. The van der Waals surface area contributed by atoms with Crippen LogP contribution in [0.2, 0.25) is 0 Å². The van der Waals surface area contributed by atoms with E-state index in [1.165, 1.54) is 6.08 Å². The first kappa shape index (κ1) is 16.2. The van der Waals surface area contributed by atoms with Crippen molar-refractivity contribution in [3.8, 4) is 6.07 Å². The van der Waals surface area contributed by atoms with Crippen LogP contribution in [0, 0.1) is 11.3 Å². The Kier molecular flexibility index (Phi) is 6.48. The molecule has 0 fully saturated rings. The summed E-state index contributed by atoms with van der Waals surface area (Å²) >= 11 is 0. The molecule has 1 atom stereocenters. The topological polar surface area (TPSA) is 99.4 Å². The number of carboxylic acids is 1. The third kappa shape index (κ3) is 6.25. The number of rotatable bonds is 7. The van der Waals surface area contributed by atoms with Crippen LogP contribution >= 0.6 is 0 Å². The minimum absolute atomic E-state index is 0.0580. The summed E-state index contributed by atoms with van der Waals surface area (Å²) in [6.45, 7) is 3.48. The minimum Gasteiger partial charge on any atom is -0.481 e. The number of nitriles is 1. The zero-order chi connectivity index (χ0) is 15.7. The molecule has 2 N–H and O–H groups in total. The Labute approximate surface area is 122 Å². The smallest absolute Gasteiger partial charge is 0.407 e. The number of benzene rings is 1. The fourth-order valence-corrected chi connectivity index (χ4v) is 1.73. The van der Waals surface area contributed by atoms with Gasteiger partial charge in [-0.25, -0.2) is 4.79 Å². The van der Waals surface area contributed by atoms with Gasteiger partial charge in [-0.3, -0.25) is 4.79 Å². The molecule has 6 heteroatoms. The molecular weight excluding hydrogens is 272 g/mol. The van der Waals surface area contributed by atoms with Gasteiger partial charge >= 0.3 is 12.1 Å². The van der Waals surface area contributed by atoms with Gasteiger partial charge in [0.1, 0.15) is 6.61 Å². The number of aliphatic carboxylic acids is 1. The van der Waals surface area contributed by atoms with E-state index in [1.54, 1.807) is 24.3 Å². The maximum Gasteiger partial charge on any atom is 0.407 e. The molecule has 0 aliphatic rings. The van der Waals surface area contributed by atoms with Gasteiger partial charge in [-0.05, 0) is 24.1 Å². The molecule has 0 heterocycles. The number of hydrogen-bond donors (Lipinski definition) is 2. The summed E-state index contributed by atoms with van der Waals surface area (Å²) in [6, 6.07) is 8.15. The Hall–Kier alpha value is -2.81. The van der Waals surface area contributed by atoms with Crippen LogP contribution < -0.4 is 5.32 Å². The van der Waals surface area contributed by atoms with Crippen LogP contribution in [-0.2, 0) is 16.0 Å². The second kappa shape index (κ2) is 8.38. The fourth-order valence-electron chi connectivity index (χ4n) is 1.73. The van der Waals surface area contributed by atoms with Gasteiger partial charge in [-0.1, -0.05) is 24.8 Å². The Bertz CT molecular complexity index is 546. The van der Waals surface area contributed by atoms with Crippen molar-refractivity contribution >= 4 is 12.1 Å². The molecule has 0 radical (unpaired) electrons. The molecule has 21 heavy (non-hydrogen) atoms. The van der Waals surface area contributed by atoms with E-state index >= 15 is 0 Å². The Morgan fingerprint density at radius 1 is 1.43 bits per heavy atom. The lowest BCUT2D eigenvalue weighted by Gasteiger charge is -2.16. The second-order valence-electron chi connectivity index (χ2n) is 4.34. The number of carboxylic acid groups (broad SMARTS) is 1. The van der Waals surface area contributed by atoms with E-state index in [0.717, 1.165) is 5.56 Å². The van der Waals surface area contributed by atoms with E-state index in [1.807, 2.05) is 6.07 Å². The molecule has 0 saturated carbocycles. The predicted octanol–water partition coefficient (Wildman–Crippen LogP) is 1.86. The van der Waals surface area contributed by atoms with Crippen LogP contribution in [0.3, 0.4) is 0 Å². The SMILES string of the molecule is C=CCOC(=O)N[C@@H](CC(=O)O)Cc1ccc(C#N)cc1. The normalized spacial score (nSPS) is 11.0. The van der Waals surface area contributed by atoms with Crippen LogP contribution in [-0.4, -0.2) is 29.8 Å². The number of carbonyl (C=O) groups excluding carboxylic acids is 1. The third-order valence-electron chi connectivity index (χ3n) is 2.64. The summed E-state index contributed by atoms with van der Waals surface area (Å²) in [6.07, 6.45) is 0.853. The highest BCUT2D eigenvalue weighted by atomic mass is 16.5. The largest absolute Gasteiger partial charge is 0.481 e. The number of amides is 1. The van der Waals surface area contributed by atoms with Crippen molar-refractivity contribution in [1.82, 2.24) is 5.32 Å². The van der Waals surface area contributed by atoms with Crippen molar-refractivity contribution in [2.45, 2.75) is 18.9 Å². The van der Waals surface area contributed by atoms with E-state index in [-0.39, 0.29) is 13.0 Å². The number of ether oxygens (including phenoxy) is 1. The molecule has 0 spiro atoms. The van der Waals surface area contributed by atoms with Crippen LogP contribution in [0.5, 0.6) is 0 Å². The van der Waals surface area contributed by atoms with Crippen molar-refractivity contribution in [2.75, 3.05) is 6.61 Å². The Balaban J connectivity index is 2.68. The zero-order valence-electron chi connectivity index (χ0n) is 11.4. The van der Waals surface area contributed by atoms with Crippen LogP contribution in [0.15, 0.2) is 36.9 Å². The molecule has 0 unspecified atom stereocenters. The van der Waals surface area contributed by atoms with E-state index in [4.69, 9.17) is 15.1 Å². The van der Waals surface area contributed by atoms with Crippen molar-refractivity contribution in [1.29, 1.82) is 5.26 Å². The first-order chi connectivity index (χ1) is 10.0. The lowest BCUT2D eigenvalue weighted by molar-refractivity contribution is -0.137. The Morgan fingerprint density at radius 3 is 2.62 bits per heavy atom. The molecule has 0 aromatic heterocycles. The van der Waals surface area contributed by atoms with Gasteiger partial charge in [-0.15, -0.1) is 0 Å². The quantitative estimate of drug-likeness (QED) is 0.746. The lowest BCUT2D eigenvalue weighted by Crippen LogP contribution is -2.38. The second-order valence-corrected chi connectivity index (χ2v) is 4.34. The summed E-state index contributed by atoms with van der Waals surface area (Å²) in [7, 11) is 0. The van der Waals surface area contributed by atoms with Crippen LogP contribution in [0.25, 0.3) is 0 Å². The summed E-state index contributed by atoms with van der Waals surface area (Å²) in [4.78, 5) is 22.3. The maximum absolute atomic E-state index is 11.5. The van der Waals surface area contributed by atoms with Crippen molar-refractivity contribution in [3.05, 3.63) is 48.0 Å². The summed E-state index contributed by atoms with van der Waals surface area (Å²) < 4.78 is 4.77. The number of nitrogens with zero attached hydrogens (tertiary/aromatic N) is 1. The molecule has 0 aliphatic carbocycles. The van der Waals surface area contributed by atoms with E-state index < -0.39 is 18.1 Å². The van der Waals surface area contributed by atoms with Crippen molar-refractivity contribution in [2.24, 2.45) is 0 Å². The molecular formula is C15H16N2O4. The third-order valence-corrected chi connectivity index (χ3v) is 2.64. The zero-order valence-corrected chi connectivity index (χ0v) is 11.4. The number of hydrogen-bond acceptors (Lipinski definition) is 4. The highest BCUT2D eigenvalue weighted by Gasteiger charge is 2.17. The monoisotopic (exact) mass is 288 g/mol. The molecule has 1 amide bonds. The van der Waals surface area contributed by atoms with Crippen molar-refractivity contribution in [3.63, 3.8) is 0 Å². The van der Waals surface area contributed by atoms with Gasteiger partial charge in [0.15, 0.2) is 0 Å². The lowest BCUT2D eigenvalue weighted by atomic mass is 10.0. The highest BCUT2D eigenvalue weighted by Crippen LogP contribution is 2.08. The minimum atomic E-state index is -1.02. The van der Waals surface area contributed by atoms with E-state index in [0.29, 0.717) is 12.0 Å². The number of alkyl carbamates (subject to hydrolysis) is 1. The number of nitrogens with one attached hydrogen (secondary N) is 1. The average molecular weight is 288 g/mol. The molecule has 6 nitrogen and oxygen atoms in total. The molecule has 1 aromatic rings. The standard InChI is InChI=1S/C15H16N2O4/c1-2-7-21-15(20)17-13(9-14(18)19)8-11-3-5-12(10-16)6-4-11/h2-6,13H,1,7-9H2,(H,17,20)(H,18,19)/t13-/m1/s1. The highest BCUT2D eigenvalue weighted by molar-refractivity contribution is 5.71. The molecule has 0 aliphatic heterocycles. The van der Waals surface area contributed by atoms with Gasteiger partial charge in [0.05, 0.1) is 18.1 Å². The molecule has 0 bridgehead atoms. The first-order valence-corrected chi connectivity index (χ1v) is 6.30. The summed E-state index contributed by atoms with van der Waals surface area (Å²) in [5, 5.41) is 20.1. The van der Waals surface area contributed by atoms with Gasteiger partial charge in [0.25, 0.3) is 0 Å². The summed E-state index contributed by atoms with van der Waals surface area (Å²) in [5.41, 5.74) is 1.34. The molecule has 110 valence electrons. The predicted molar refractivity (Wildman–Crippen MR) is 75.6 cm³/mol. The Morgan fingerprint density at radius 2 is 2.10 bits per heavy atom. The maximum atomic E-state index is 11.5. The molecule has 0 saturated heterocycles. The fraction of sp³-hybridized carbons (Fsp3) is 0.267. The van der Waals surface area contributed by atoms with E-state index in [2.05, 4.69) is 11.9 Å². The van der Waals surface area contributed by atoms with Gasteiger partial charge in [0, 0.05) is 6.04 Å². The molecule has 1 rings (SSSR count). The van der Waals surface area contributed by atoms with Crippen molar-refractivity contribution < 1.29 is 19.4 Å². The van der Waals surface area contributed by atoms with Gasteiger partial charge in [-0.2, -0.15) is 5.26 Å². The summed E-state index contributed by atoms with van der Waals surface area (Å²) in [5.74, 6) is -1.02. The van der Waals surface area contributed by atoms with Gasteiger partial charge < -0.3 is 15.2 Å². The molecule has 1 aromatic carbocycles.